The van der Waals surface area contributed by atoms with E-state index in [9.17, 15) is 9.59 Å². The van der Waals surface area contributed by atoms with Gasteiger partial charge in [-0.2, -0.15) is 0 Å². The second-order valence-electron chi connectivity index (χ2n) is 5.91. The minimum absolute atomic E-state index is 0.123. The van der Waals surface area contributed by atoms with Crippen molar-refractivity contribution >= 4 is 29.3 Å². The van der Waals surface area contributed by atoms with Gasteiger partial charge in [-0.1, -0.05) is 36.8 Å². The summed E-state index contributed by atoms with van der Waals surface area (Å²) in [6.45, 7) is 6.68. The summed E-state index contributed by atoms with van der Waals surface area (Å²) in [4.78, 5) is 25.6. The Kier molecular flexibility index (Phi) is 7.07. The molecule has 2 aromatic rings. The molecule has 2 rings (SSSR count). The molecule has 4 nitrogen and oxygen atoms in total. The van der Waals surface area contributed by atoms with E-state index >= 15 is 0 Å². The summed E-state index contributed by atoms with van der Waals surface area (Å²) in [5.41, 5.74) is 3.36. The molecule has 0 saturated heterocycles. The maximum atomic E-state index is 12.3. The minimum Gasteiger partial charge on any atom is -0.352 e. The highest BCUT2D eigenvalue weighted by atomic mass is 32.2. The van der Waals surface area contributed by atoms with Crippen LogP contribution in [0.5, 0.6) is 0 Å². The molecule has 0 bridgehead atoms. The molecule has 0 heterocycles. The molecular weight excluding hydrogens is 332 g/mol. The fourth-order valence-electron chi connectivity index (χ4n) is 2.32. The van der Waals surface area contributed by atoms with Crippen molar-refractivity contribution in [2.24, 2.45) is 0 Å². The standard InChI is InChI=1S/C20H24N2O2S/c1-4-11-21-20(24)16-7-5-6-8-17(16)22-19(23)13-25-18-12-14(2)9-10-15(18)3/h5-10,12H,4,11,13H2,1-3H3,(H,21,24)(H,22,23). The predicted octanol–water partition coefficient (Wildman–Crippen LogP) is 4.17. The molecule has 0 fully saturated rings. The molecule has 25 heavy (non-hydrogen) atoms. The van der Waals surface area contributed by atoms with Gasteiger partial charge in [-0.15, -0.1) is 11.8 Å². The zero-order valence-corrected chi connectivity index (χ0v) is 15.7. The van der Waals surface area contributed by atoms with Gasteiger partial charge in [0.15, 0.2) is 0 Å². The van der Waals surface area contributed by atoms with Gasteiger partial charge in [-0.05, 0) is 44.0 Å². The Bertz CT molecular complexity index is 759. The molecular formula is C20H24N2O2S. The first-order chi connectivity index (χ1) is 12.0. The van der Waals surface area contributed by atoms with Gasteiger partial charge in [-0.25, -0.2) is 0 Å². The molecule has 0 saturated carbocycles. The number of carbonyl (C=O) groups excluding carboxylic acids is 2. The lowest BCUT2D eigenvalue weighted by atomic mass is 10.1. The van der Waals surface area contributed by atoms with Crippen LogP contribution in [0, 0.1) is 13.8 Å². The number of carbonyl (C=O) groups is 2. The Labute approximate surface area is 153 Å². The number of hydrogen-bond acceptors (Lipinski definition) is 3. The molecule has 0 unspecified atom stereocenters. The fraction of sp³-hybridized carbons (Fsp3) is 0.300. The third kappa shape index (κ3) is 5.64. The molecule has 2 N–H and O–H groups in total. The monoisotopic (exact) mass is 356 g/mol. The fourth-order valence-corrected chi connectivity index (χ4v) is 3.24. The molecule has 0 aliphatic heterocycles. The molecule has 0 radical (unpaired) electrons. The van der Waals surface area contributed by atoms with Crippen LogP contribution in [-0.4, -0.2) is 24.1 Å². The van der Waals surface area contributed by atoms with Gasteiger partial charge in [0.2, 0.25) is 5.91 Å². The Morgan fingerprint density at radius 3 is 2.60 bits per heavy atom. The first kappa shape index (κ1) is 19.1. The van der Waals surface area contributed by atoms with E-state index in [4.69, 9.17) is 0 Å². The van der Waals surface area contributed by atoms with Crippen molar-refractivity contribution in [2.45, 2.75) is 32.1 Å². The lowest BCUT2D eigenvalue weighted by Gasteiger charge is -2.11. The van der Waals surface area contributed by atoms with Crippen molar-refractivity contribution in [1.82, 2.24) is 5.32 Å². The van der Waals surface area contributed by atoms with E-state index in [1.165, 1.54) is 17.3 Å². The largest absolute Gasteiger partial charge is 0.352 e. The number of nitrogens with one attached hydrogen (secondary N) is 2. The van der Waals surface area contributed by atoms with Crippen LogP contribution in [0.15, 0.2) is 47.4 Å². The third-order valence-corrected chi connectivity index (χ3v) is 4.84. The maximum Gasteiger partial charge on any atom is 0.253 e. The molecule has 132 valence electrons. The second-order valence-corrected chi connectivity index (χ2v) is 6.92. The number of thioether (sulfide) groups is 1. The van der Waals surface area contributed by atoms with E-state index in [1.807, 2.05) is 26.8 Å². The number of rotatable bonds is 7. The van der Waals surface area contributed by atoms with Crippen LogP contribution in [0.1, 0.15) is 34.8 Å². The molecule has 2 aromatic carbocycles. The van der Waals surface area contributed by atoms with Gasteiger partial charge < -0.3 is 10.6 Å². The minimum atomic E-state index is -0.167. The Balaban J connectivity index is 2.01. The van der Waals surface area contributed by atoms with Crippen LogP contribution in [-0.2, 0) is 4.79 Å². The zero-order chi connectivity index (χ0) is 18.2. The van der Waals surface area contributed by atoms with Crippen molar-refractivity contribution < 1.29 is 9.59 Å². The van der Waals surface area contributed by atoms with Crippen LogP contribution in [0.4, 0.5) is 5.69 Å². The van der Waals surface area contributed by atoms with E-state index in [0.717, 1.165) is 16.9 Å². The van der Waals surface area contributed by atoms with Gasteiger partial charge in [0.05, 0.1) is 17.0 Å². The predicted molar refractivity (Wildman–Crippen MR) is 104 cm³/mol. The Hall–Kier alpha value is -2.27. The van der Waals surface area contributed by atoms with E-state index in [-0.39, 0.29) is 11.8 Å². The highest BCUT2D eigenvalue weighted by molar-refractivity contribution is 8.00. The van der Waals surface area contributed by atoms with Crippen LogP contribution in [0.2, 0.25) is 0 Å². The Morgan fingerprint density at radius 2 is 1.84 bits per heavy atom. The molecule has 0 spiro atoms. The van der Waals surface area contributed by atoms with Crippen molar-refractivity contribution in [1.29, 1.82) is 0 Å². The van der Waals surface area contributed by atoms with Crippen LogP contribution < -0.4 is 10.6 Å². The topological polar surface area (TPSA) is 58.2 Å². The summed E-state index contributed by atoms with van der Waals surface area (Å²) < 4.78 is 0. The number of benzene rings is 2. The number of amides is 2. The van der Waals surface area contributed by atoms with E-state index in [2.05, 4.69) is 28.8 Å². The highest BCUT2D eigenvalue weighted by Gasteiger charge is 2.13. The molecule has 5 heteroatoms. The van der Waals surface area contributed by atoms with Crippen LogP contribution in [0.3, 0.4) is 0 Å². The molecule has 0 atom stereocenters. The molecule has 0 aliphatic carbocycles. The average molecular weight is 356 g/mol. The number of anilines is 1. The smallest absolute Gasteiger partial charge is 0.253 e. The van der Waals surface area contributed by atoms with E-state index in [1.54, 1.807) is 18.2 Å². The normalized spacial score (nSPS) is 10.4. The van der Waals surface area contributed by atoms with Gasteiger partial charge in [-0.3, -0.25) is 9.59 Å². The van der Waals surface area contributed by atoms with Gasteiger partial charge >= 0.3 is 0 Å². The number of para-hydroxylation sites is 1. The van der Waals surface area contributed by atoms with Crippen molar-refractivity contribution in [3.63, 3.8) is 0 Å². The first-order valence-electron chi connectivity index (χ1n) is 8.38. The molecule has 0 aliphatic rings. The molecule has 0 aromatic heterocycles. The maximum absolute atomic E-state index is 12.3. The zero-order valence-electron chi connectivity index (χ0n) is 14.9. The van der Waals surface area contributed by atoms with Crippen molar-refractivity contribution in [3.8, 4) is 0 Å². The van der Waals surface area contributed by atoms with Crippen molar-refractivity contribution in [3.05, 3.63) is 59.2 Å². The van der Waals surface area contributed by atoms with E-state index in [0.29, 0.717) is 23.5 Å². The summed E-state index contributed by atoms with van der Waals surface area (Å²) in [7, 11) is 0. The lowest BCUT2D eigenvalue weighted by molar-refractivity contribution is -0.113. The SMILES string of the molecule is CCCNC(=O)c1ccccc1NC(=O)CSc1cc(C)ccc1C. The first-order valence-corrected chi connectivity index (χ1v) is 9.37. The number of hydrogen-bond donors (Lipinski definition) is 2. The summed E-state index contributed by atoms with van der Waals surface area (Å²) in [6.07, 6.45) is 0.868. The molecule has 2 amide bonds. The third-order valence-electron chi connectivity index (χ3n) is 3.68. The summed E-state index contributed by atoms with van der Waals surface area (Å²) >= 11 is 1.50. The van der Waals surface area contributed by atoms with Gasteiger partial charge in [0.25, 0.3) is 5.91 Å². The second kappa shape index (κ2) is 9.28. The van der Waals surface area contributed by atoms with E-state index < -0.39 is 0 Å². The lowest BCUT2D eigenvalue weighted by Crippen LogP contribution is -2.26. The van der Waals surface area contributed by atoms with Gasteiger partial charge in [0, 0.05) is 11.4 Å². The summed E-state index contributed by atoms with van der Waals surface area (Å²) in [5, 5.41) is 5.69. The summed E-state index contributed by atoms with van der Waals surface area (Å²) in [6, 6.07) is 13.3. The summed E-state index contributed by atoms with van der Waals surface area (Å²) in [5.74, 6) is 0.0106. The van der Waals surface area contributed by atoms with Crippen LogP contribution >= 0.6 is 11.8 Å². The van der Waals surface area contributed by atoms with Crippen LogP contribution in [0.25, 0.3) is 0 Å². The van der Waals surface area contributed by atoms with Crippen molar-refractivity contribution in [2.75, 3.05) is 17.6 Å². The number of aryl methyl sites for hydroxylation is 2. The Morgan fingerprint density at radius 1 is 1.08 bits per heavy atom. The highest BCUT2D eigenvalue weighted by Crippen LogP contribution is 2.24. The van der Waals surface area contributed by atoms with Gasteiger partial charge in [0.1, 0.15) is 0 Å². The quantitative estimate of drug-likeness (QED) is 0.732. The average Bonchev–Trinajstić information content (AvgIpc) is 2.61.